The number of nitrogens with one attached hydrogen (secondary N) is 1. The van der Waals surface area contributed by atoms with Crippen LogP contribution < -0.4 is 10.2 Å². The third kappa shape index (κ3) is 3.53. The zero-order chi connectivity index (χ0) is 13.7. The molecule has 0 unspecified atom stereocenters. The van der Waals surface area contributed by atoms with Crippen molar-refractivity contribution in [3.8, 4) is 5.92 Å². The summed E-state index contributed by atoms with van der Waals surface area (Å²) in [6.07, 6.45) is 7.04. The summed E-state index contributed by atoms with van der Waals surface area (Å²) >= 11 is 0. The molecular formula is C17H17N2-. The Bertz CT molecular complexity index is 560. The van der Waals surface area contributed by atoms with Crippen molar-refractivity contribution in [2.75, 3.05) is 24.3 Å². The first kappa shape index (κ1) is 13.0. The Hall–Kier alpha value is -2.40. The molecule has 19 heavy (non-hydrogen) atoms. The highest BCUT2D eigenvalue weighted by molar-refractivity contribution is 5.54. The van der Waals surface area contributed by atoms with Gasteiger partial charge in [0.05, 0.1) is 0 Å². The van der Waals surface area contributed by atoms with E-state index in [1.165, 1.54) is 11.3 Å². The van der Waals surface area contributed by atoms with Crippen LogP contribution in [0.4, 0.5) is 11.4 Å². The van der Waals surface area contributed by atoms with Crippen LogP contribution in [0.15, 0.2) is 48.5 Å². The van der Waals surface area contributed by atoms with Crippen molar-refractivity contribution in [1.29, 1.82) is 0 Å². The van der Waals surface area contributed by atoms with Crippen molar-refractivity contribution in [1.82, 2.24) is 0 Å². The second kappa shape index (κ2) is 5.97. The van der Waals surface area contributed by atoms with Crippen molar-refractivity contribution in [3.63, 3.8) is 0 Å². The van der Waals surface area contributed by atoms with Crippen molar-refractivity contribution in [3.05, 3.63) is 66.1 Å². The van der Waals surface area contributed by atoms with Crippen LogP contribution in [0.1, 0.15) is 11.1 Å². The van der Waals surface area contributed by atoms with Crippen LogP contribution in [0.2, 0.25) is 0 Å². The van der Waals surface area contributed by atoms with E-state index in [4.69, 9.17) is 6.42 Å². The molecule has 0 bridgehead atoms. The fraction of sp³-hybridized carbons (Fsp3) is 0.176. The number of nitrogens with zero attached hydrogens (tertiary/aromatic N) is 1. The van der Waals surface area contributed by atoms with E-state index < -0.39 is 0 Å². The van der Waals surface area contributed by atoms with Crippen LogP contribution >= 0.6 is 0 Å². The number of hydrogen-bond donors (Lipinski definition) is 1. The zero-order valence-electron chi connectivity index (χ0n) is 11.3. The van der Waals surface area contributed by atoms with Crippen LogP contribution in [0.3, 0.4) is 0 Å². The summed E-state index contributed by atoms with van der Waals surface area (Å²) in [4.78, 5) is 2.08. The zero-order valence-corrected chi connectivity index (χ0v) is 11.3. The molecule has 0 aliphatic rings. The maximum absolute atomic E-state index is 7.04. The Balaban J connectivity index is 1.96. The lowest BCUT2D eigenvalue weighted by Gasteiger charge is -2.13. The van der Waals surface area contributed by atoms with Gasteiger partial charge in [0.1, 0.15) is 0 Å². The van der Waals surface area contributed by atoms with Crippen molar-refractivity contribution in [2.24, 2.45) is 0 Å². The molecule has 0 amide bonds. The molecule has 0 atom stereocenters. The van der Waals surface area contributed by atoms with Crippen LogP contribution in [-0.4, -0.2) is 14.1 Å². The molecule has 2 aromatic carbocycles. The second-order valence-electron chi connectivity index (χ2n) is 4.62. The lowest BCUT2D eigenvalue weighted by Crippen LogP contribution is -2.08. The molecule has 0 heterocycles. The molecule has 0 saturated heterocycles. The summed E-state index contributed by atoms with van der Waals surface area (Å²) in [6, 6.07) is 16.2. The van der Waals surface area contributed by atoms with Crippen molar-refractivity contribution < 1.29 is 0 Å². The Morgan fingerprint density at radius 2 is 1.63 bits per heavy atom. The molecule has 0 radical (unpaired) electrons. The highest BCUT2D eigenvalue weighted by atomic mass is 15.1. The standard InChI is InChI=1S/C17H17N2/c1-4-14-5-7-15(8-6-14)13-18-16-9-11-17(12-10-16)19(2)3/h5-12,18H,13H2,2-3H3/q-1. The molecule has 0 aromatic heterocycles. The Morgan fingerprint density at radius 3 is 2.16 bits per heavy atom. The molecule has 0 aliphatic heterocycles. The van der Waals surface area contributed by atoms with Crippen LogP contribution in [0, 0.1) is 12.3 Å². The maximum Gasteiger partial charge on any atom is 0.0399 e. The fourth-order valence-electron chi connectivity index (χ4n) is 1.79. The second-order valence-corrected chi connectivity index (χ2v) is 4.62. The molecule has 2 heteroatoms. The van der Waals surface area contributed by atoms with Crippen LogP contribution in [0.25, 0.3) is 0 Å². The van der Waals surface area contributed by atoms with Gasteiger partial charge in [-0.05, 0) is 29.8 Å². The minimum absolute atomic E-state index is 0.777. The number of rotatable bonds is 4. The SMILES string of the molecule is [C-]#Cc1ccc(CNc2ccc(N(C)C)cc2)cc1. The van der Waals surface area contributed by atoms with Crippen LogP contribution in [0.5, 0.6) is 0 Å². The van der Waals surface area contributed by atoms with E-state index in [1.807, 2.05) is 38.4 Å². The topological polar surface area (TPSA) is 15.3 Å². The molecule has 0 fully saturated rings. The highest BCUT2D eigenvalue weighted by Crippen LogP contribution is 2.16. The normalized spacial score (nSPS) is 9.74. The van der Waals surface area contributed by atoms with Gasteiger partial charge in [0, 0.05) is 32.0 Å². The predicted octanol–water partition coefficient (Wildman–Crippen LogP) is 3.30. The number of benzene rings is 2. The lowest BCUT2D eigenvalue weighted by atomic mass is 10.1. The summed E-state index contributed by atoms with van der Waals surface area (Å²) in [5.41, 5.74) is 4.29. The maximum atomic E-state index is 7.04. The Kier molecular flexibility index (Phi) is 4.10. The van der Waals surface area contributed by atoms with Gasteiger partial charge in [-0.15, -0.1) is 17.7 Å². The summed E-state index contributed by atoms with van der Waals surface area (Å²) < 4.78 is 0. The molecular weight excluding hydrogens is 232 g/mol. The van der Waals surface area contributed by atoms with Crippen molar-refractivity contribution in [2.45, 2.75) is 6.54 Å². The average Bonchev–Trinajstić information content (AvgIpc) is 2.46. The van der Waals surface area contributed by atoms with E-state index in [0.29, 0.717) is 0 Å². The predicted molar refractivity (Wildman–Crippen MR) is 80.8 cm³/mol. The van der Waals surface area contributed by atoms with Crippen molar-refractivity contribution >= 4 is 11.4 Å². The van der Waals surface area contributed by atoms with Gasteiger partial charge in [0.15, 0.2) is 0 Å². The van der Waals surface area contributed by atoms with E-state index in [1.54, 1.807) is 0 Å². The molecule has 96 valence electrons. The molecule has 0 saturated carbocycles. The van der Waals surface area contributed by atoms with E-state index >= 15 is 0 Å². The fourth-order valence-corrected chi connectivity index (χ4v) is 1.79. The third-order valence-corrected chi connectivity index (χ3v) is 2.98. The van der Waals surface area contributed by atoms with Crippen LogP contribution in [-0.2, 0) is 6.54 Å². The van der Waals surface area contributed by atoms with E-state index in [2.05, 4.69) is 40.4 Å². The first-order valence-corrected chi connectivity index (χ1v) is 6.22. The summed E-state index contributed by atoms with van der Waals surface area (Å²) in [5, 5.41) is 3.38. The van der Waals surface area contributed by atoms with Gasteiger partial charge in [-0.3, -0.25) is 5.92 Å². The summed E-state index contributed by atoms with van der Waals surface area (Å²) in [6.45, 7) is 0.777. The summed E-state index contributed by atoms with van der Waals surface area (Å²) in [7, 11) is 4.06. The highest BCUT2D eigenvalue weighted by Gasteiger charge is 1.96. The molecule has 2 nitrogen and oxygen atoms in total. The monoisotopic (exact) mass is 249 g/mol. The number of anilines is 2. The van der Waals surface area contributed by atoms with Gasteiger partial charge >= 0.3 is 0 Å². The Labute approximate surface area is 115 Å². The lowest BCUT2D eigenvalue weighted by molar-refractivity contribution is 1.12. The molecule has 2 rings (SSSR count). The minimum atomic E-state index is 0.777. The first-order chi connectivity index (χ1) is 9.19. The van der Waals surface area contributed by atoms with E-state index in [-0.39, 0.29) is 0 Å². The molecule has 0 aliphatic carbocycles. The van der Waals surface area contributed by atoms with Gasteiger partial charge in [-0.25, -0.2) is 0 Å². The molecule has 1 N–H and O–H groups in total. The van der Waals surface area contributed by atoms with Gasteiger partial charge < -0.3 is 16.6 Å². The van der Waals surface area contributed by atoms with Gasteiger partial charge in [0.2, 0.25) is 0 Å². The van der Waals surface area contributed by atoms with Gasteiger partial charge in [0.25, 0.3) is 0 Å². The molecule has 2 aromatic rings. The quantitative estimate of drug-likeness (QED) is 0.660. The molecule has 0 spiro atoms. The van der Waals surface area contributed by atoms with E-state index in [0.717, 1.165) is 17.8 Å². The largest absolute Gasteiger partial charge is 0.381 e. The average molecular weight is 249 g/mol. The smallest absolute Gasteiger partial charge is 0.0399 e. The first-order valence-electron chi connectivity index (χ1n) is 6.22. The van der Waals surface area contributed by atoms with Gasteiger partial charge in [-0.1, -0.05) is 12.1 Å². The Morgan fingerprint density at radius 1 is 1.00 bits per heavy atom. The third-order valence-electron chi connectivity index (χ3n) is 2.98. The van der Waals surface area contributed by atoms with Gasteiger partial charge in [-0.2, -0.15) is 0 Å². The minimum Gasteiger partial charge on any atom is -0.381 e. The van der Waals surface area contributed by atoms with E-state index in [9.17, 15) is 0 Å². The number of hydrogen-bond acceptors (Lipinski definition) is 2. The summed E-state index contributed by atoms with van der Waals surface area (Å²) in [5.74, 6) is 2.37.